The predicted molar refractivity (Wildman–Crippen MR) is 62.0 cm³/mol. The fourth-order valence-corrected chi connectivity index (χ4v) is 2.17. The van der Waals surface area contributed by atoms with Crippen LogP contribution < -0.4 is 5.32 Å². The van der Waals surface area contributed by atoms with E-state index in [9.17, 15) is 5.11 Å². The van der Waals surface area contributed by atoms with Gasteiger partial charge in [-0.2, -0.15) is 0 Å². The highest BCUT2D eigenvalue weighted by molar-refractivity contribution is 4.83. The zero-order valence-electron chi connectivity index (χ0n) is 10.3. The summed E-state index contributed by atoms with van der Waals surface area (Å²) in [4.78, 5) is 0. The summed E-state index contributed by atoms with van der Waals surface area (Å²) in [5.74, 6) is 0. The van der Waals surface area contributed by atoms with Crippen molar-refractivity contribution >= 4 is 0 Å². The molecule has 0 radical (unpaired) electrons. The van der Waals surface area contributed by atoms with Crippen molar-refractivity contribution in [3.63, 3.8) is 0 Å². The van der Waals surface area contributed by atoms with E-state index in [2.05, 4.69) is 19.2 Å². The zero-order valence-corrected chi connectivity index (χ0v) is 10.3. The van der Waals surface area contributed by atoms with E-state index in [0.717, 1.165) is 32.4 Å². The van der Waals surface area contributed by atoms with E-state index in [4.69, 9.17) is 4.74 Å². The molecule has 0 spiro atoms. The van der Waals surface area contributed by atoms with Crippen molar-refractivity contribution in [2.45, 2.75) is 64.2 Å². The van der Waals surface area contributed by atoms with Gasteiger partial charge in [-0.05, 0) is 33.6 Å². The summed E-state index contributed by atoms with van der Waals surface area (Å²) < 4.78 is 5.61. The van der Waals surface area contributed by atoms with Crippen molar-refractivity contribution in [3.8, 4) is 0 Å². The maximum absolute atomic E-state index is 9.79. The molecule has 1 fully saturated rings. The van der Waals surface area contributed by atoms with Crippen LogP contribution in [-0.4, -0.2) is 36.0 Å². The van der Waals surface area contributed by atoms with Crippen molar-refractivity contribution in [2.24, 2.45) is 0 Å². The van der Waals surface area contributed by atoms with E-state index < -0.39 is 0 Å². The van der Waals surface area contributed by atoms with Crippen LogP contribution in [0.3, 0.4) is 0 Å². The molecule has 0 heterocycles. The largest absolute Gasteiger partial charge is 0.392 e. The van der Waals surface area contributed by atoms with Crippen molar-refractivity contribution in [3.05, 3.63) is 0 Å². The molecule has 0 aromatic rings. The van der Waals surface area contributed by atoms with Gasteiger partial charge in [-0.1, -0.05) is 12.8 Å². The van der Waals surface area contributed by atoms with Gasteiger partial charge in [-0.15, -0.1) is 0 Å². The van der Waals surface area contributed by atoms with Crippen molar-refractivity contribution in [1.29, 1.82) is 0 Å². The molecule has 0 aromatic heterocycles. The lowest BCUT2D eigenvalue weighted by Crippen LogP contribution is -2.48. The minimum atomic E-state index is -0.170. The standard InChI is InChI=1S/C12H25NO2/c1-4-15-12(2,3)9-13-10-7-5-6-8-11(10)14/h10-11,13-14H,4-9H2,1-3H3/t10-,11-/m1/s1. The summed E-state index contributed by atoms with van der Waals surface area (Å²) in [6, 6.07) is 0.262. The Labute approximate surface area is 93.2 Å². The van der Waals surface area contributed by atoms with Crippen molar-refractivity contribution in [1.82, 2.24) is 5.32 Å². The molecule has 1 aliphatic carbocycles. The van der Waals surface area contributed by atoms with Gasteiger partial charge in [0.25, 0.3) is 0 Å². The lowest BCUT2D eigenvalue weighted by Gasteiger charge is -2.32. The Kier molecular flexibility index (Phi) is 5.03. The van der Waals surface area contributed by atoms with E-state index in [0.29, 0.717) is 0 Å². The quantitative estimate of drug-likeness (QED) is 0.733. The van der Waals surface area contributed by atoms with Gasteiger partial charge in [0.1, 0.15) is 0 Å². The normalized spacial score (nSPS) is 28.0. The first-order chi connectivity index (χ1) is 7.05. The monoisotopic (exact) mass is 215 g/mol. The molecule has 90 valence electrons. The lowest BCUT2D eigenvalue weighted by molar-refractivity contribution is -0.0166. The Morgan fingerprint density at radius 2 is 2.00 bits per heavy atom. The van der Waals surface area contributed by atoms with Gasteiger partial charge in [0, 0.05) is 19.2 Å². The third-order valence-electron chi connectivity index (χ3n) is 3.05. The Balaban J connectivity index is 2.28. The summed E-state index contributed by atoms with van der Waals surface area (Å²) in [6.07, 6.45) is 4.24. The van der Waals surface area contributed by atoms with E-state index in [-0.39, 0.29) is 17.7 Å². The molecule has 1 rings (SSSR count). The molecule has 1 aliphatic rings. The van der Waals surface area contributed by atoms with Gasteiger partial charge >= 0.3 is 0 Å². The smallest absolute Gasteiger partial charge is 0.0750 e. The molecule has 0 bridgehead atoms. The summed E-state index contributed by atoms with van der Waals surface area (Å²) in [7, 11) is 0. The number of nitrogens with one attached hydrogen (secondary N) is 1. The Morgan fingerprint density at radius 1 is 1.33 bits per heavy atom. The van der Waals surface area contributed by atoms with Gasteiger partial charge in [0.2, 0.25) is 0 Å². The molecule has 0 unspecified atom stereocenters. The zero-order chi connectivity index (χ0) is 11.3. The van der Waals surface area contributed by atoms with Crippen LogP contribution >= 0.6 is 0 Å². The van der Waals surface area contributed by atoms with Crippen LogP contribution in [0, 0.1) is 0 Å². The molecule has 0 amide bonds. The lowest BCUT2D eigenvalue weighted by atomic mass is 9.92. The average molecular weight is 215 g/mol. The molecular formula is C12H25NO2. The van der Waals surface area contributed by atoms with E-state index in [1.54, 1.807) is 0 Å². The maximum Gasteiger partial charge on any atom is 0.0750 e. The van der Waals surface area contributed by atoms with Gasteiger partial charge < -0.3 is 15.2 Å². The summed E-state index contributed by atoms with van der Waals surface area (Å²) in [6.45, 7) is 7.72. The molecule has 0 saturated heterocycles. The second-order valence-electron chi connectivity index (χ2n) is 5.03. The molecule has 2 N–H and O–H groups in total. The van der Waals surface area contributed by atoms with Crippen LogP contribution in [-0.2, 0) is 4.74 Å². The third kappa shape index (κ3) is 4.49. The van der Waals surface area contributed by atoms with Crippen molar-refractivity contribution in [2.75, 3.05) is 13.2 Å². The van der Waals surface area contributed by atoms with E-state index >= 15 is 0 Å². The van der Waals surface area contributed by atoms with Gasteiger partial charge in [-0.3, -0.25) is 0 Å². The second kappa shape index (κ2) is 5.83. The van der Waals surface area contributed by atoms with Gasteiger partial charge in [0.05, 0.1) is 11.7 Å². The number of rotatable bonds is 5. The molecule has 0 aliphatic heterocycles. The SMILES string of the molecule is CCOC(C)(C)CN[C@@H]1CCCC[C@H]1O. The molecular weight excluding hydrogens is 190 g/mol. The summed E-state index contributed by atoms with van der Waals surface area (Å²) in [5, 5.41) is 13.2. The van der Waals surface area contributed by atoms with Crippen LogP contribution in [0.25, 0.3) is 0 Å². The number of aliphatic hydroxyl groups is 1. The number of hydrogen-bond donors (Lipinski definition) is 2. The first-order valence-corrected chi connectivity index (χ1v) is 6.10. The third-order valence-corrected chi connectivity index (χ3v) is 3.05. The summed E-state index contributed by atoms with van der Waals surface area (Å²) in [5.41, 5.74) is -0.133. The molecule has 3 heteroatoms. The highest BCUT2D eigenvalue weighted by atomic mass is 16.5. The minimum absolute atomic E-state index is 0.133. The maximum atomic E-state index is 9.79. The highest BCUT2D eigenvalue weighted by Gasteiger charge is 2.25. The van der Waals surface area contributed by atoms with Crippen LogP contribution in [0.15, 0.2) is 0 Å². The highest BCUT2D eigenvalue weighted by Crippen LogP contribution is 2.19. The molecule has 15 heavy (non-hydrogen) atoms. The fraction of sp³-hybridized carbons (Fsp3) is 1.00. The first-order valence-electron chi connectivity index (χ1n) is 6.10. The molecule has 3 nitrogen and oxygen atoms in total. The Morgan fingerprint density at radius 3 is 2.60 bits per heavy atom. The van der Waals surface area contributed by atoms with Crippen LogP contribution in [0.2, 0.25) is 0 Å². The Hall–Kier alpha value is -0.120. The number of hydrogen-bond acceptors (Lipinski definition) is 3. The molecule has 1 saturated carbocycles. The van der Waals surface area contributed by atoms with Crippen LogP contribution in [0.1, 0.15) is 46.5 Å². The van der Waals surface area contributed by atoms with Gasteiger partial charge in [0.15, 0.2) is 0 Å². The molecule has 2 atom stereocenters. The topological polar surface area (TPSA) is 41.5 Å². The second-order valence-corrected chi connectivity index (χ2v) is 5.03. The van der Waals surface area contributed by atoms with Crippen LogP contribution in [0.5, 0.6) is 0 Å². The predicted octanol–water partition coefficient (Wildman–Crippen LogP) is 1.69. The summed E-state index contributed by atoms with van der Waals surface area (Å²) >= 11 is 0. The number of ether oxygens (including phenoxy) is 1. The van der Waals surface area contributed by atoms with Crippen molar-refractivity contribution < 1.29 is 9.84 Å². The fourth-order valence-electron chi connectivity index (χ4n) is 2.17. The van der Waals surface area contributed by atoms with E-state index in [1.165, 1.54) is 6.42 Å². The molecule has 0 aromatic carbocycles. The van der Waals surface area contributed by atoms with E-state index in [1.807, 2.05) is 6.92 Å². The minimum Gasteiger partial charge on any atom is -0.392 e. The number of aliphatic hydroxyl groups excluding tert-OH is 1. The first kappa shape index (κ1) is 12.9. The van der Waals surface area contributed by atoms with Crippen LogP contribution in [0.4, 0.5) is 0 Å². The average Bonchev–Trinajstić information content (AvgIpc) is 2.16. The van der Waals surface area contributed by atoms with Gasteiger partial charge in [-0.25, -0.2) is 0 Å². The Bertz CT molecular complexity index is 182.